The Labute approximate surface area is 176 Å². The number of anilines is 1. The summed E-state index contributed by atoms with van der Waals surface area (Å²) in [6.45, 7) is 5.75. The van der Waals surface area contributed by atoms with Gasteiger partial charge in [-0.15, -0.1) is 0 Å². The fourth-order valence-corrected chi connectivity index (χ4v) is 3.99. The van der Waals surface area contributed by atoms with Crippen LogP contribution in [-0.4, -0.2) is 39.5 Å². The van der Waals surface area contributed by atoms with E-state index in [4.69, 9.17) is 0 Å². The molecular formula is C24H28N4O2. The molecule has 2 heterocycles. The van der Waals surface area contributed by atoms with Crippen LogP contribution in [0.5, 0.6) is 0 Å². The number of rotatable bonds is 5. The molecule has 1 atom stereocenters. The van der Waals surface area contributed by atoms with E-state index in [1.165, 1.54) is 16.5 Å². The summed E-state index contributed by atoms with van der Waals surface area (Å²) in [7, 11) is 0. The highest BCUT2D eigenvalue weighted by molar-refractivity contribution is 5.79. The van der Waals surface area contributed by atoms with Gasteiger partial charge in [-0.05, 0) is 48.6 Å². The van der Waals surface area contributed by atoms with Gasteiger partial charge in [0.1, 0.15) is 6.54 Å². The number of fused-ring (bicyclic) bond motifs is 1. The predicted molar refractivity (Wildman–Crippen MR) is 120 cm³/mol. The number of benzene rings is 2. The second kappa shape index (κ2) is 8.69. The van der Waals surface area contributed by atoms with E-state index in [9.17, 15) is 9.59 Å². The van der Waals surface area contributed by atoms with Crippen LogP contribution < -0.4 is 10.9 Å². The number of nitrogens with one attached hydrogen (secondary N) is 1. The van der Waals surface area contributed by atoms with E-state index in [-0.39, 0.29) is 24.1 Å². The average Bonchev–Trinajstić information content (AvgIpc) is 2.76. The molecule has 3 aromatic rings. The van der Waals surface area contributed by atoms with Crippen LogP contribution in [0.4, 0.5) is 5.69 Å². The summed E-state index contributed by atoms with van der Waals surface area (Å²) >= 11 is 0. The fourth-order valence-electron chi connectivity index (χ4n) is 3.99. The number of para-hydroxylation sites is 1. The Morgan fingerprint density at radius 2 is 1.93 bits per heavy atom. The van der Waals surface area contributed by atoms with E-state index in [1.54, 1.807) is 12.1 Å². The number of nitrogens with zero attached hydrogens (tertiary/aromatic N) is 3. The molecule has 1 amide bonds. The van der Waals surface area contributed by atoms with E-state index in [0.29, 0.717) is 23.4 Å². The van der Waals surface area contributed by atoms with Crippen LogP contribution in [0, 0.1) is 0 Å². The van der Waals surface area contributed by atoms with Crippen molar-refractivity contribution >= 4 is 22.5 Å². The molecule has 156 valence electrons. The van der Waals surface area contributed by atoms with Crippen molar-refractivity contribution in [3.05, 3.63) is 70.8 Å². The first-order chi connectivity index (χ1) is 14.5. The molecule has 0 spiro atoms. The van der Waals surface area contributed by atoms with Gasteiger partial charge in [0.05, 0.1) is 17.2 Å². The molecule has 0 radical (unpaired) electrons. The molecule has 1 aliphatic rings. The maximum atomic E-state index is 12.9. The van der Waals surface area contributed by atoms with Crippen molar-refractivity contribution < 1.29 is 4.79 Å². The van der Waals surface area contributed by atoms with Crippen LogP contribution in [0.2, 0.25) is 0 Å². The van der Waals surface area contributed by atoms with Crippen molar-refractivity contribution in [3.8, 4) is 0 Å². The molecular weight excluding hydrogens is 376 g/mol. The van der Waals surface area contributed by atoms with Gasteiger partial charge in [0.15, 0.2) is 0 Å². The van der Waals surface area contributed by atoms with E-state index in [1.807, 2.05) is 17.0 Å². The zero-order valence-electron chi connectivity index (χ0n) is 17.5. The SMILES string of the molecule is CC(C)c1ccc(N[C@H]2CCCN(C(=O)Cn3cnc4ccccc4c3=O)C2)cc1. The Morgan fingerprint density at radius 1 is 1.17 bits per heavy atom. The third-order valence-electron chi connectivity index (χ3n) is 5.76. The molecule has 30 heavy (non-hydrogen) atoms. The van der Waals surface area contributed by atoms with Crippen LogP contribution in [0.1, 0.15) is 38.2 Å². The van der Waals surface area contributed by atoms with Gasteiger partial charge in [-0.25, -0.2) is 4.98 Å². The maximum Gasteiger partial charge on any atom is 0.261 e. The van der Waals surface area contributed by atoms with Gasteiger partial charge in [0, 0.05) is 24.8 Å². The molecule has 6 nitrogen and oxygen atoms in total. The summed E-state index contributed by atoms with van der Waals surface area (Å²) in [4.78, 5) is 31.7. The number of carbonyl (C=O) groups is 1. The lowest BCUT2D eigenvalue weighted by Gasteiger charge is -2.34. The number of likely N-dealkylation sites (tertiary alicyclic amines) is 1. The third kappa shape index (κ3) is 4.37. The standard InChI is InChI=1S/C24H28N4O2/c1-17(2)18-9-11-19(12-10-18)26-20-6-5-13-27(14-20)23(29)15-28-16-25-22-8-4-3-7-21(22)24(28)30/h3-4,7-12,16-17,20,26H,5-6,13-15H2,1-2H3/t20-/m0/s1. The molecule has 1 fully saturated rings. The van der Waals surface area contributed by atoms with Gasteiger partial charge in [0.2, 0.25) is 5.91 Å². The molecule has 1 saturated heterocycles. The van der Waals surface area contributed by atoms with E-state index < -0.39 is 0 Å². The normalized spacial score (nSPS) is 16.8. The predicted octanol–water partition coefficient (Wildman–Crippen LogP) is 3.62. The summed E-state index contributed by atoms with van der Waals surface area (Å²) in [5, 5.41) is 4.09. The van der Waals surface area contributed by atoms with Crippen LogP contribution >= 0.6 is 0 Å². The molecule has 1 aromatic heterocycles. The first-order valence-corrected chi connectivity index (χ1v) is 10.6. The van der Waals surface area contributed by atoms with Crippen LogP contribution in [-0.2, 0) is 11.3 Å². The van der Waals surface area contributed by atoms with Crippen LogP contribution in [0.25, 0.3) is 10.9 Å². The van der Waals surface area contributed by atoms with Crippen molar-refractivity contribution in [2.24, 2.45) is 0 Å². The van der Waals surface area contributed by atoms with Crippen molar-refractivity contribution in [2.45, 2.75) is 45.2 Å². The van der Waals surface area contributed by atoms with Crippen molar-refractivity contribution in [2.75, 3.05) is 18.4 Å². The van der Waals surface area contributed by atoms with E-state index in [0.717, 1.165) is 25.1 Å². The number of aromatic nitrogens is 2. The lowest BCUT2D eigenvalue weighted by molar-refractivity contribution is -0.132. The molecule has 0 bridgehead atoms. The molecule has 0 aliphatic carbocycles. The highest BCUT2D eigenvalue weighted by Gasteiger charge is 2.24. The Bertz CT molecular complexity index is 1090. The zero-order chi connectivity index (χ0) is 21.1. The zero-order valence-corrected chi connectivity index (χ0v) is 17.5. The van der Waals surface area contributed by atoms with Gasteiger partial charge >= 0.3 is 0 Å². The first-order valence-electron chi connectivity index (χ1n) is 10.6. The number of piperidine rings is 1. The summed E-state index contributed by atoms with van der Waals surface area (Å²) in [6.07, 6.45) is 3.43. The molecule has 4 rings (SSSR count). The second-order valence-corrected chi connectivity index (χ2v) is 8.29. The molecule has 0 saturated carbocycles. The van der Waals surface area contributed by atoms with Gasteiger partial charge in [-0.1, -0.05) is 38.1 Å². The monoisotopic (exact) mass is 404 g/mol. The van der Waals surface area contributed by atoms with Gasteiger partial charge in [-0.2, -0.15) is 0 Å². The molecule has 6 heteroatoms. The number of hydrogen-bond acceptors (Lipinski definition) is 4. The Kier molecular flexibility index (Phi) is 5.84. The van der Waals surface area contributed by atoms with Crippen molar-refractivity contribution in [1.82, 2.24) is 14.5 Å². The first kappa shape index (κ1) is 20.1. The molecule has 0 unspecified atom stereocenters. The van der Waals surface area contributed by atoms with E-state index >= 15 is 0 Å². The van der Waals surface area contributed by atoms with Gasteiger partial charge in [-0.3, -0.25) is 14.2 Å². The van der Waals surface area contributed by atoms with Gasteiger partial charge < -0.3 is 10.2 Å². The van der Waals surface area contributed by atoms with Crippen LogP contribution in [0.3, 0.4) is 0 Å². The Hall–Kier alpha value is -3.15. The lowest BCUT2D eigenvalue weighted by atomic mass is 10.0. The van der Waals surface area contributed by atoms with Crippen LogP contribution in [0.15, 0.2) is 59.7 Å². The number of amides is 1. The molecule has 2 aromatic carbocycles. The quantitative estimate of drug-likeness (QED) is 0.705. The minimum atomic E-state index is -0.175. The Balaban J connectivity index is 1.41. The number of carbonyl (C=O) groups excluding carboxylic acids is 1. The maximum absolute atomic E-state index is 12.9. The van der Waals surface area contributed by atoms with E-state index in [2.05, 4.69) is 48.4 Å². The molecule has 1 aliphatic heterocycles. The fraction of sp³-hybridized carbons (Fsp3) is 0.375. The lowest BCUT2D eigenvalue weighted by Crippen LogP contribution is -2.46. The summed E-state index contributed by atoms with van der Waals surface area (Å²) in [5.41, 5.74) is 2.87. The summed E-state index contributed by atoms with van der Waals surface area (Å²) in [6, 6.07) is 15.9. The van der Waals surface area contributed by atoms with Crippen molar-refractivity contribution in [3.63, 3.8) is 0 Å². The topological polar surface area (TPSA) is 67.2 Å². The minimum Gasteiger partial charge on any atom is -0.381 e. The smallest absolute Gasteiger partial charge is 0.261 e. The largest absolute Gasteiger partial charge is 0.381 e. The molecule has 1 N–H and O–H groups in total. The van der Waals surface area contributed by atoms with Gasteiger partial charge in [0.25, 0.3) is 5.56 Å². The summed E-state index contributed by atoms with van der Waals surface area (Å²) < 4.78 is 1.41. The Morgan fingerprint density at radius 3 is 2.70 bits per heavy atom. The highest BCUT2D eigenvalue weighted by atomic mass is 16.2. The minimum absolute atomic E-state index is 0.0203. The average molecular weight is 405 g/mol. The number of hydrogen-bond donors (Lipinski definition) is 1. The summed E-state index contributed by atoms with van der Waals surface area (Å²) in [5.74, 6) is 0.464. The highest BCUT2D eigenvalue weighted by Crippen LogP contribution is 2.20. The van der Waals surface area contributed by atoms with Crippen molar-refractivity contribution in [1.29, 1.82) is 0 Å². The third-order valence-corrected chi connectivity index (χ3v) is 5.76. The second-order valence-electron chi connectivity index (χ2n) is 8.29.